The number of halogens is 3. The number of carbonyl (C=O) groups excluding carboxylic acids is 1. The quantitative estimate of drug-likeness (QED) is 0.437. The van der Waals surface area contributed by atoms with Gasteiger partial charge in [-0.1, -0.05) is 44.2 Å². The predicted molar refractivity (Wildman–Crippen MR) is 117 cm³/mol. The Morgan fingerprint density at radius 1 is 1.06 bits per heavy atom. The van der Waals surface area contributed by atoms with Crippen LogP contribution in [0.25, 0.3) is 0 Å². The van der Waals surface area contributed by atoms with Crippen LogP contribution in [0.5, 0.6) is 0 Å². The zero-order valence-corrected chi connectivity index (χ0v) is 18.6. The van der Waals surface area contributed by atoms with Crippen molar-refractivity contribution in [3.05, 3.63) is 70.8 Å². The normalized spacial score (nSPS) is 12.6. The summed E-state index contributed by atoms with van der Waals surface area (Å²) >= 11 is 0. The first-order chi connectivity index (χ1) is 15.5. The van der Waals surface area contributed by atoms with Crippen LogP contribution < -0.4 is 5.43 Å². The van der Waals surface area contributed by atoms with Gasteiger partial charge in [-0.2, -0.15) is 13.2 Å². The lowest BCUT2D eigenvalue weighted by atomic mass is 10.0. The molecule has 0 bridgehead atoms. The monoisotopic (exact) mass is 466 g/mol. The topological polar surface area (TPSA) is 89.9 Å². The molecule has 0 saturated heterocycles. The van der Waals surface area contributed by atoms with Crippen LogP contribution in [-0.2, 0) is 23.8 Å². The van der Waals surface area contributed by atoms with E-state index in [1.807, 2.05) is 0 Å². The number of carboxylic acid groups (broad SMARTS) is 1. The molecule has 0 aromatic heterocycles. The van der Waals surface area contributed by atoms with E-state index in [0.29, 0.717) is 18.5 Å². The molecule has 0 aliphatic heterocycles. The highest BCUT2D eigenvalue weighted by atomic mass is 19.4. The van der Waals surface area contributed by atoms with E-state index in [4.69, 9.17) is 5.11 Å². The van der Waals surface area contributed by atoms with E-state index in [9.17, 15) is 27.9 Å². The van der Waals surface area contributed by atoms with Gasteiger partial charge in [0.25, 0.3) is 0 Å². The lowest BCUT2D eigenvalue weighted by Crippen LogP contribution is -2.47. The predicted octanol–water partition coefficient (Wildman–Crippen LogP) is 3.93. The average Bonchev–Trinajstić information content (AvgIpc) is 2.75. The van der Waals surface area contributed by atoms with Crippen LogP contribution in [0.2, 0.25) is 0 Å². The van der Waals surface area contributed by atoms with Gasteiger partial charge in [0.15, 0.2) is 0 Å². The number of hydrogen-bond acceptors (Lipinski definition) is 4. The molecule has 0 saturated carbocycles. The number of aliphatic hydroxyl groups excluding tert-OH is 1. The van der Waals surface area contributed by atoms with Crippen molar-refractivity contribution in [1.29, 1.82) is 0 Å². The fraction of sp³-hybridized carbons (Fsp3) is 0.417. The Morgan fingerprint density at radius 3 is 2.30 bits per heavy atom. The lowest BCUT2D eigenvalue weighted by molar-refractivity contribution is -0.138. The van der Waals surface area contributed by atoms with Crippen LogP contribution >= 0.6 is 0 Å². The van der Waals surface area contributed by atoms with Crippen LogP contribution in [0, 0.1) is 5.92 Å². The third kappa shape index (κ3) is 8.51. The van der Waals surface area contributed by atoms with Crippen molar-refractivity contribution >= 4 is 11.9 Å². The Bertz CT molecular complexity index is 930. The van der Waals surface area contributed by atoms with Crippen LogP contribution in [-0.4, -0.2) is 46.3 Å². The van der Waals surface area contributed by atoms with Crippen LogP contribution in [0.3, 0.4) is 0 Å². The van der Waals surface area contributed by atoms with Gasteiger partial charge in [-0.25, -0.2) is 10.2 Å². The minimum Gasteiger partial charge on any atom is -0.478 e. The van der Waals surface area contributed by atoms with Crippen molar-refractivity contribution in [2.75, 3.05) is 13.1 Å². The van der Waals surface area contributed by atoms with E-state index >= 15 is 0 Å². The molecule has 1 atom stereocenters. The molecule has 2 rings (SSSR count). The van der Waals surface area contributed by atoms with Gasteiger partial charge in [0.1, 0.15) is 0 Å². The first-order valence-electron chi connectivity index (χ1n) is 10.7. The van der Waals surface area contributed by atoms with E-state index in [-0.39, 0.29) is 36.8 Å². The highest BCUT2D eigenvalue weighted by molar-refractivity contribution is 5.87. The molecule has 0 aliphatic carbocycles. The first-order valence-corrected chi connectivity index (χ1v) is 10.7. The summed E-state index contributed by atoms with van der Waals surface area (Å²) in [5.74, 6) is -1.41. The zero-order chi connectivity index (χ0) is 24.6. The maximum absolute atomic E-state index is 12.9. The van der Waals surface area contributed by atoms with Crippen molar-refractivity contribution in [1.82, 2.24) is 10.4 Å². The van der Waals surface area contributed by atoms with E-state index in [0.717, 1.165) is 17.7 Å². The number of hydrazine groups is 1. The molecule has 0 aliphatic rings. The number of benzene rings is 2. The molecule has 180 valence electrons. The van der Waals surface area contributed by atoms with E-state index in [1.165, 1.54) is 29.3 Å². The number of carboxylic acids is 1. The number of nitrogens with zero attached hydrogens (tertiary/aromatic N) is 1. The van der Waals surface area contributed by atoms with Gasteiger partial charge < -0.3 is 10.2 Å². The molecule has 0 radical (unpaired) electrons. The molecular formula is C24H29F3N2O4. The molecule has 9 heteroatoms. The number of amides is 1. The highest BCUT2D eigenvalue weighted by Crippen LogP contribution is 2.29. The fourth-order valence-corrected chi connectivity index (χ4v) is 3.25. The number of carbonyl (C=O) groups is 2. The van der Waals surface area contributed by atoms with Gasteiger partial charge in [0.05, 0.1) is 17.2 Å². The first kappa shape index (κ1) is 26.3. The van der Waals surface area contributed by atoms with E-state index in [1.54, 1.807) is 26.0 Å². The van der Waals surface area contributed by atoms with Gasteiger partial charge in [-0.3, -0.25) is 9.80 Å². The molecule has 2 aromatic carbocycles. The van der Waals surface area contributed by atoms with Gasteiger partial charge in [-0.05, 0) is 48.6 Å². The summed E-state index contributed by atoms with van der Waals surface area (Å²) in [7, 11) is 0. The van der Waals surface area contributed by atoms with Crippen molar-refractivity contribution in [2.45, 2.75) is 45.4 Å². The van der Waals surface area contributed by atoms with Crippen LogP contribution in [0.4, 0.5) is 13.2 Å². The van der Waals surface area contributed by atoms with E-state index < -0.39 is 23.8 Å². The highest BCUT2D eigenvalue weighted by Gasteiger charge is 2.30. The number of aromatic carboxylic acids is 1. The summed E-state index contributed by atoms with van der Waals surface area (Å²) in [4.78, 5) is 23.5. The minimum atomic E-state index is -4.44. The minimum absolute atomic E-state index is 0.0691. The number of nitrogens with one attached hydrogen (secondary N) is 1. The number of alkyl halides is 3. The number of hydrogen-bond donors (Lipinski definition) is 3. The summed E-state index contributed by atoms with van der Waals surface area (Å²) < 4.78 is 38.6. The Morgan fingerprint density at radius 2 is 1.73 bits per heavy atom. The molecule has 33 heavy (non-hydrogen) atoms. The van der Waals surface area contributed by atoms with Gasteiger partial charge in [0, 0.05) is 19.0 Å². The number of rotatable bonds is 11. The summed E-state index contributed by atoms with van der Waals surface area (Å²) in [6.07, 6.45) is -4.50. The average molecular weight is 467 g/mol. The zero-order valence-electron chi connectivity index (χ0n) is 18.6. The Labute approximate surface area is 191 Å². The molecule has 3 N–H and O–H groups in total. The van der Waals surface area contributed by atoms with E-state index in [2.05, 4.69) is 5.43 Å². The summed E-state index contributed by atoms with van der Waals surface area (Å²) in [6.45, 7) is 4.13. The maximum Gasteiger partial charge on any atom is 0.416 e. The van der Waals surface area contributed by atoms with Crippen molar-refractivity contribution in [3.8, 4) is 0 Å². The molecule has 0 fully saturated rings. The molecular weight excluding hydrogens is 437 g/mol. The van der Waals surface area contributed by atoms with Crippen molar-refractivity contribution in [3.63, 3.8) is 0 Å². The second kappa shape index (κ2) is 11.8. The maximum atomic E-state index is 12.9. The molecule has 1 unspecified atom stereocenters. The second-order valence-electron chi connectivity index (χ2n) is 8.15. The molecule has 0 heterocycles. The lowest BCUT2D eigenvalue weighted by Gasteiger charge is -2.26. The number of aliphatic hydroxyl groups is 1. The van der Waals surface area contributed by atoms with Crippen LogP contribution in [0.1, 0.15) is 47.3 Å². The molecule has 1 amide bonds. The SMILES string of the molecule is CC(C)C(=O)N(CCc1ccc(C(=O)O)cc1)NCCC(O)Cc1cccc(C(F)(F)F)c1. The van der Waals surface area contributed by atoms with Gasteiger partial charge >= 0.3 is 12.1 Å². The standard InChI is InChI=1S/C24H29F3N2O4/c1-16(2)22(31)29(13-11-17-6-8-19(9-7-17)23(32)33)28-12-10-21(30)15-18-4-3-5-20(14-18)24(25,26)27/h3-9,14,16,21,28,30H,10-13,15H2,1-2H3,(H,32,33). The molecule has 2 aromatic rings. The third-order valence-electron chi connectivity index (χ3n) is 5.09. The summed E-state index contributed by atoms with van der Waals surface area (Å²) in [6, 6.07) is 11.3. The Balaban J connectivity index is 1.89. The largest absolute Gasteiger partial charge is 0.478 e. The van der Waals surface area contributed by atoms with Crippen molar-refractivity contribution in [2.24, 2.45) is 5.92 Å². The van der Waals surface area contributed by atoms with Crippen molar-refractivity contribution < 1.29 is 33.0 Å². The smallest absolute Gasteiger partial charge is 0.416 e. The Hall–Kier alpha value is -2.91. The van der Waals surface area contributed by atoms with Crippen LogP contribution in [0.15, 0.2) is 48.5 Å². The Kier molecular flexibility index (Phi) is 9.43. The molecule has 0 spiro atoms. The van der Waals surface area contributed by atoms with Gasteiger partial charge in [-0.15, -0.1) is 0 Å². The van der Waals surface area contributed by atoms with Gasteiger partial charge in [0.2, 0.25) is 5.91 Å². The summed E-state index contributed by atoms with van der Waals surface area (Å²) in [5, 5.41) is 20.7. The fourth-order valence-electron chi connectivity index (χ4n) is 3.25. The molecule has 6 nitrogen and oxygen atoms in total. The third-order valence-corrected chi connectivity index (χ3v) is 5.09. The summed E-state index contributed by atoms with van der Waals surface area (Å²) in [5.41, 5.74) is 3.69. The second-order valence-corrected chi connectivity index (χ2v) is 8.15.